The summed E-state index contributed by atoms with van der Waals surface area (Å²) in [6.45, 7) is 7.80. The summed E-state index contributed by atoms with van der Waals surface area (Å²) in [5, 5.41) is 2.94. The molecule has 1 amide bonds. The summed E-state index contributed by atoms with van der Waals surface area (Å²) < 4.78 is 0. The van der Waals surface area contributed by atoms with Gasteiger partial charge in [0.05, 0.1) is 0 Å². The number of hydrogen-bond acceptors (Lipinski definition) is 4. The number of anilines is 1. The lowest BCUT2D eigenvalue weighted by Crippen LogP contribution is -2.34. The summed E-state index contributed by atoms with van der Waals surface area (Å²) in [5.74, 6) is 0.744. The third-order valence-electron chi connectivity index (χ3n) is 3.07. The van der Waals surface area contributed by atoms with Gasteiger partial charge in [0.1, 0.15) is 5.82 Å². The van der Waals surface area contributed by atoms with Crippen LogP contribution in [0.2, 0.25) is 0 Å². The van der Waals surface area contributed by atoms with Gasteiger partial charge in [0, 0.05) is 38.9 Å². The second-order valence-corrected chi connectivity index (χ2v) is 4.58. The van der Waals surface area contributed by atoms with Gasteiger partial charge in [-0.15, -0.1) is 0 Å². The third-order valence-corrected chi connectivity index (χ3v) is 3.07. The maximum atomic E-state index is 12.0. The summed E-state index contributed by atoms with van der Waals surface area (Å²) in [5.41, 5.74) is 0.651. The number of amides is 1. The Kier molecular flexibility index (Phi) is 6.29. The number of hydrogen-bond donors (Lipinski definition) is 1. The SMILES string of the molecule is CCN(CC)CCNC(=O)c1ccnc(N(C)C)c1. The van der Waals surface area contributed by atoms with Crippen LogP contribution < -0.4 is 10.2 Å². The lowest BCUT2D eigenvalue weighted by molar-refractivity contribution is 0.0949. The van der Waals surface area contributed by atoms with Crippen molar-refractivity contribution in [3.63, 3.8) is 0 Å². The van der Waals surface area contributed by atoms with Crippen molar-refractivity contribution in [1.29, 1.82) is 0 Å². The van der Waals surface area contributed by atoms with Gasteiger partial charge >= 0.3 is 0 Å². The van der Waals surface area contributed by atoms with Gasteiger partial charge in [0.2, 0.25) is 0 Å². The van der Waals surface area contributed by atoms with Gasteiger partial charge in [-0.2, -0.15) is 0 Å². The number of rotatable bonds is 7. The van der Waals surface area contributed by atoms with Gasteiger partial charge in [0.15, 0.2) is 0 Å². The minimum atomic E-state index is -0.0438. The summed E-state index contributed by atoms with van der Waals surface area (Å²) in [6.07, 6.45) is 1.66. The van der Waals surface area contributed by atoms with Crippen LogP contribution in [0.1, 0.15) is 24.2 Å². The zero-order valence-electron chi connectivity index (χ0n) is 12.3. The summed E-state index contributed by atoms with van der Waals surface area (Å²) in [6, 6.07) is 3.53. The van der Waals surface area contributed by atoms with E-state index < -0.39 is 0 Å². The molecule has 106 valence electrons. The smallest absolute Gasteiger partial charge is 0.251 e. The molecule has 0 aliphatic rings. The lowest BCUT2D eigenvalue weighted by atomic mass is 10.2. The summed E-state index contributed by atoms with van der Waals surface area (Å²) in [7, 11) is 3.81. The molecule has 1 heterocycles. The van der Waals surface area contributed by atoms with Gasteiger partial charge in [-0.3, -0.25) is 4.79 Å². The fourth-order valence-corrected chi connectivity index (χ4v) is 1.77. The number of pyridine rings is 1. The maximum Gasteiger partial charge on any atom is 0.251 e. The van der Waals surface area contributed by atoms with Crippen LogP contribution in [-0.4, -0.2) is 56.1 Å². The van der Waals surface area contributed by atoms with Crippen LogP contribution in [0, 0.1) is 0 Å². The molecule has 0 fully saturated rings. The van der Waals surface area contributed by atoms with E-state index in [0.717, 1.165) is 25.5 Å². The molecule has 0 atom stereocenters. The van der Waals surface area contributed by atoms with Crippen molar-refractivity contribution in [2.24, 2.45) is 0 Å². The van der Waals surface area contributed by atoms with Crippen LogP contribution in [0.3, 0.4) is 0 Å². The average Bonchev–Trinajstić information content (AvgIpc) is 2.43. The van der Waals surface area contributed by atoms with Gasteiger partial charge in [-0.25, -0.2) is 4.98 Å². The van der Waals surface area contributed by atoms with Gasteiger partial charge in [-0.05, 0) is 25.2 Å². The normalized spacial score (nSPS) is 10.6. The third kappa shape index (κ3) is 4.87. The average molecular weight is 264 g/mol. The Hall–Kier alpha value is -1.62. The second-order valence-electron chi connectivity index (χ2n) is 4.58. The number of carbonyl (C=O) groups excluding carboxylic acids is 1. The van der Waals surface area contributed by atoms with Crippen molar-refractivity contribution in [2.45, 2.75) is 13.8 Å². The fourth-order valence-electron chi connectivity index (χ4n) is 1.77. The molecule has 0 unspecified atom stereocenters. The Morgan fingerprint density at radius 2 is 2.00 bits per heavy atom. The van der Waals surface area contributed by atoms with Crippen molar-refractivity contribution < 1.29 is 4.79 Å². The summed E-state index contributed by atoms with van der Waals surface area (Å²) in [4.78, 5) is 20.4. The molecule has 0 bridgehead atoms. The molecule has 0 spiro atoms. The van der Waals surface area contributed by atoms with E-state index in [1.54, 1.807) is 18.3 Å². The number of aromatic nitrogens is 1. The van der Waals surface area contributed by atoms with Crippen molar-refractivity contribution in [3.8, 4) is 0 Å². The maximum absolute atomic E-state index is 12.0. The van der Waals surface area contributed by atoms with Crippen molar-refractivity contribution in [3.05, 3.63) is 23.9 Å². The molecule has 0 aliphatic heterocycles. The second kappa shape index (κ2) is 7.74. The van der Waals surface area contributed by atoms with Crippen LogP contribution in [0.5, 0.6) is 0 Å². The highest BCUT2D eigenvalue weighted by molar-refractivity contribution is 5.94. The first-order chi connectivity index (χ1) is 9.08. The van der Waals surface area contributed by atoms with Crippen molar-refractivity contribution >= 4 is 11.7 Å². The van der Waals surface area contributed by atoms with Gasteiger partial charge < -0.3 is 15.1 Å². The largest absolute Gasteiger partial charge is 0.363 e. The number of carbonyl (C=O) groups is 1. The molecule has 1 N–H and O–H groups in total. The molecule has 0 aliphatic carbocycles. The van der Waals surface area contributed by atoms with Crippen LogP contribution in [-0.2, 0) is 0 Å². The first kappa shape index (κ1) is 15.4. The molecule has 1 aromatic rings. The van der Waals surface area contributed by atoms with Gasteiger partial charge in [0.25, 0.3) is 5.91 Å². The first-order valence-electron chi connectivity index (χ1n) is 6.72. The van der Waals surface area contributed by atoms with E-state index >= 15 is 0 Å². The molecule has 19 heavy (non-hydrogen) atoms. The van der Waals surface area contributed by atoms with Crippen LogP contribution >= 0.6 is 0 Å². The molecular weight excluding hydrogens is 240 g/mol. The Balaban J connectivity index is 2.51. The highest BCUT2D eigenvalue weighted by Crippen LogP contribution is 2.09. The molecule has 0 radical (unpaired) electrons. The Bertz CT molecular complexity index is 402. The number of likely N-dealkylation sites (N-methyl/N-ethyl adjacent to an activating group) is 1. The zero-order chi connectivity index (χ0) is 14.3. The minimum absolute atomic E-state index is 0.0438. The predicted molar refractivity (Wildman–Crippen MR) is 78.7 cm³/mol. The van der Waals surface area contributed by atoms with Crippen LogP contribution in [0.4, 0.5) is 5.82 Å². The molecule has 0 saturated heterocycles. The minimum Gasteiger partial charge on any atom is -0.363 e. The quantitative estimate of drug-likeness (QED) is 0.804. The van der Waals surface area contributed by atoms with E-state index in [9.17, 15) is 4.79 Å². The zero-order valence-corrected chi connectivity index (χ0v) is 12.3. The molecule has 0 saturated carbocycles. The molecular formula is C14H24N4O. The van der Waals surface area contributed by atoms with Crippen LogP contribution in [0.25, 0.3) is 0 Å². The molecule has 0 aromatic carbocycles. The lowest BCUT2D eigenvalue weighted by Gasteiger charge is -2.18. The predicted octanol–water partition coefficient (Wildman–Crippen LogP) is 1.22. The van der Waals surface area contributed by atoms with Gasteiger partial charge in [-0.1, -0.05) is 13.8 Å². The fraction of sp³-hybridized carbons (Fsp3) is 0.571. The van der Waals surface area contributed by atoms with E-state index in [4.69, 9.17) is 0 Å². The highest BCUT2D eigenvalue weighted by atomic mass is 16.1. The van der Waals surface area contributed by atoms with E-state index in [1.165, 1.54) is 0 Å². The monoisotopic (exact) mass is 264 g/mol. The molecule has 5 heteroatoms. The van der Waals surface area contributed by atoms with E-state index in [-0.39, 0.29) is 5.91 Å². The Labute approximate surface area is 115 Å². The standard InChI is InChI=1S/C14H24N4O/c1-5-18(6-2)10-9-16-14(19)12-7-8-15-13(11-12)17(3)4/h7-8,11H,5-6,9-10H2,1-4H3,(H,16,19). The van der Waals surface area contributed by atoms with Crippen molar-refractivity contribution in [2.75, 3.05) is 45.2 Å². The van der Waals surface area contributed by atoms with E-state index in [1.807, 2.05) is 19.0 Å². The first-order valence-corrected chi connectivity index (χ1v) is 6.72. The topological polar surface area (TPSA) is 48.5 Å². The number of nitrogens with zero attached hydrogens (tertiary/aromatic N) is 3. The number of nitrogens with one attached hydrogen (secondary N) is 1. The van der Waals surface area contributed by atoms with Crippen molar-refractivity contribution in [1.82, 2.24) is 15.2 Å². The Morgan fingerprint density at radius 3 is 2.58 bits per heavy atom. The Morgan fingerprint density at radius 1 is 1.32 bits per heavy atom. The highest BCUT2D eigenvalue weighted by Gasteiger charge is 2.07. The van der Waals surface area contributed by atoms with Crippen LogP contribution in [0.15, 0.2) is 18.3 Å². The van der Waals surface area contributed by atoms with E-state index in [0.29, 0.717) is 12.1 Å². The summed E-state index contributed by atoms with van der Waals surface area (Å²) >= 11 is 0. The molecule has 1 rings (SSSR count). The van der Waals surface area contributed by atoms with E-state index in [2.05, 4.69) is 29.0 Å². The molecule has 5 nitrogen and oxygen atoms in total. The molecule has 1 aromatic heterocycles.